The van der Waals surface area contributed by atoms with Crippen molar-refractivity contribution in [3.05, 3.63) is 48.3 Å². The van der Waals surface area contributed by atoms with Gasteiger partial charge in [0.1, 0.15) is 23.3 Å². The number of carbonyl (C=O) groups is 1. The standard InChI is InChI=1S/C23H26N2O3S/c26-22(14-29-23-11-15-7-16(12-23)9-17(8-15)13-23)25-19(21-4-2-6-28-21)10-18(24-25)20-3-1-5-27-20/h1-6,15-17,19H,7-14H2/t15?,16?,17?,19-,23?/m1/s1. The molecule has 0 unspecified atom stereocenters. The fourth-order valence-corrected chi connectivity index (χ4v) is 8.15. The smallest absolute Gasteiger partial charge is 0.253 e. The van der Waals surface area contributed by atoms with E-state index in [0.717, 1.165) is 35.0 Å². The Labute approximate surface area is 174 Å². The lowest BCUT2D eigenvalue weighted by Crippen LogP contribution is -2.49. The number of nitrogens with zero attached hydrogens (tertiary/aromatic N) is 2. The molecule has 3 heterocycles. The molecule has 0 aromatic carbocycles. The maximum Gasteiger partial charge on any atom is 0.253 e. The van der Waals surface area contributed by atoms with Gasteiger partial charge in [0.05, 0.1) is 18.3 Å². The summed E-state index contributed by atoms with van der Waals surface area (Å²) >= 11 is 1.91. The van der Waals surface area contributed by atoms with Crippen LogP contribution in [0.4, 0.5) is 0 Å². The number of thioether (sulfide) groups is 1. The largest absolute Gasteiger partial charge is 0.467 e. The maximum atomic E-state index is 13.3. The van der Waals surface area contributed by atoms with Crippen molar-refractivity contribution in [3.8, 4) is 0 Å². The first kappa shape index (κ1) is 17.9. The van der Waals surface area contributed by atoms with Crippen molar-refractivity contribution in [3.63, 3.8) is 0 Å². The minimum atomic E-state index is -0.186. The lowest BCUT2D eigenvalue weighted by molar-refractivity contribution is -0.130. The van der Waals surface area contributed by atoms with Crippen molar-refractivity contribution in [2.24, 2.45) is 22.9 Å². The molecule has 5 aliphatic rings. The second-order valence-corrected chi connectivity index (χ2v) is 10.8. The van der Waals surface area contributed by atoms with E-state index in [2.05, 4.69) is 5.10 Å². The zero-order chi connectivity index (χ0) is 19.4. The summed E-state index contributed by atoms with van der Waals surface area (Å²) in [7, 11) is 0. The highest BCUT2D eigenvalue weighted by atomic mass is 32.2. The number of hydrazone groups is 1. The van der Waals surface area contributed by atoms with Gasteiger partial charge in [0.2, 0.25) is 0 Å². The number of furan rings is 2. The molecule has 4 saturated carbocycles. The molecule has 5 nitrogen and oxygen atoms in total. The summed E-state index contributed by atoms with van der Waals surface area (Å²) in [5.74, 6) is 4.78. The van der Waals surface area contributed by atoms with Gasteiger partial charge in [-0.1, -0.05) is 0 Å². The molecule has 2 aromatic rings. The Morgan fingerprint density at radius 3 is 2.38 bits per heavy atom. The van der Waals surface area contributed by atoms with Gasteiger partial charge < -0.3 is 8.83 Å². The first-order valence-electron chi connectivity index (χ1n) is 10.8. The third kappa shape index (κ3) is 3.16. The lowest BCUT2D eigenvalue weighted by atomic mass is 9.56. The molecule has 7 rings (SSSR count). The summed E-state index contributed by atoms with van der Waals surface area (Å²) in [4.78, 5) is 13.3. The van der Waals surface area contributed by atoms with Crippen LogP contribution in [0.3, 0.4) is 0 Å². The molecule has 6 heteroatoms. The second kappa shape index (κ2) is 6.79. The van der Waals surface area contributed by atoms with Crippen molar-refractivity contribution in [2.75, 3.05) is 5.75 Å². The molecule has 1 aliphatic heterocycles. The van der Waals surface area contributed by atoms with Gasteiger partial charge >= 0.3 is 0 Å². The highest BCUT2D eigenvalue weighted by Crippen LogP contribution is 2.60. The average Bonchev–Trinajstić information content (AvgIpc) is 3.46. The van der Waals surface area contributed by atoms with E-state index in [9.17, 15) is 4.79 Å². The predicted octanol–water partition coefficient (Wildman–Crippen LogP) is 5.25. The number of rotatable bonds is 5. The van der Waals surface area contributed by atoms with Crippen molar-refractivity contribution >= 4 is 23.4 Å². The lowest BCUT2D eigenvalue weighted by Gasteiger charge is -2.56. The van der Waals surface area contributed by atoms with E-state index in [-0.39, 0.29) is 11.9 Å². The van der Waals surface area contributed by atoms with Crippen LogP contribution in [0.5, 0.6) is 0 Å². The molecule has 1 amide bonds. The van der Waals surface area contributed by atoms with Gasteiger partial charge in [0, 0.05) is 11.2 Å². The molecule has 2 aromatic heterocycles. The second-order valence-electron chi connectivity index (χ2n) is 9.39. The monoisotopic (exact) mass is 410 g/mol. The van der Waals surface area contributed by atoms with E-state index in [1.54, 1.807) is 17.5 Å². The quantitative estimate of drug-likeness (QED) is 0.675. The summed E-state index contributed by atoms with van der Waals surface area (Å²) in [5, 5.41) is 6.31. The van der Waals surface area contributed by atoms with Crippen LogP contribution in [0.15, 0.2) is 50.7 Å². The van der Waals surface area contributed by atoms with Crippen LogP contribution in [-0.4, -0.2) is 27.1 Å². The first-order valence-corrected chi connectivity index (χ1v) is 11.8. The minimum Gasteiger partial charge on any atom is -0.467 e. The molecule has 4 bridgehead atoms. The summed E-state index contributed by atoms with van der Waals surface area (Å²) in [5.41, 5.74) is 0.810. The van der Waals surface area contributed by atoms with Gasteiger partial charge in [-0.2, -0.15) is 5.10 Å². The summed E-state index contributed by atoms with van der Waals surface area (Å²) in [6, 6.07) is 7.36. The molecule has 152 valence electrons. The summed E-state index contributed by atoms with van der Waals surface area (Å²) in [6.07, 6.45) is 12.1. The van der Waals surface area contributed by atoms with Crippen molar-refractivity contribution in [1.82, 2.24) is 5.01 Å². The molecule has 0 saturated heterocycles. The Bertz CT molecular complexity index is 883. The molecule has 1 atom stereocenters. The van der Waals surface area contributed by atoms with Crippen LogP contribution in [0.1, 0.15) is 62.5 Å². The topological polar surface area (TPSA) is 59.0 Å². The normalized spacial score (nSPS) is 35.3. The van der Waals surface area contributed by atoms with E-state index in [1.165, 1.54) is 38.5 Å². The SMILES string of the molecule is O=C(CSC12CC3CC(CC(C3)C1)C2)N1N=C(c2ccco2)C[C@@H]1c1ccco1. The number of carbonyl (C=O) groups excluding carboxylic acids is 1. The Hall–Kier alpha value is -1.95. The van der Waals surface area contributed by atoms with Crippen LogP contribution in [0.25, 0.3) is 0 Å². The molecule has 4 aliphatic carbocycles. The Morgan fingerprint density at radius 1 is 1.07 bits per heavy atom. The summed E-state index contributed by atoms with van der Waals surface area (Å²) in [6.45, 7) is 0. The fraction of sp³-hybridized carbons (Fsp3) is 0.565. The van der Waals surface area contributed by atoms with Crippen molar-refractivity contribution in [1.29, 1.82) is 0 Å². The van der Waals surface area contributed by atoms with Crippen LogP contribution in [-0.2, 0) is 4.79 Å². The van der Waals surface area contributed by atoms with Gasteiger partial charge in [0.15, 0.2) is 0 Å². The van der Waals surface area contributed by atoms with Crippen LogP contribution < -0.4 is 0 Å². The zero-order valence-corrected chi connectivity index (χ0v) is 17.3. The van der Waals surface area contributed by atoms with E-state index in [4.69, 9.17) is 8.83 Å². The fourth-order valence-electron chi connectivity index (χ4n) is 6.52. The molecule has 0 spiro atoms. The van der Waals surface area contributed by atoms with Gasteiger partial charge in [0.25, 0.3) is 5.91 Å². The van der Waals surface area contributed by atoms with Crippen molar-refractivity contribution < 1.29 is 13.6 Å². The highest BCUT2D eigenvalue weighted by Gasteiger charge is 2.51. The third-order valence-corrected chi connectivity index (χ3v) is 8.83. The van der Waals surface area contributed by atoms with E-state index >= 15 is 0 Å². The van der Waals surface area contributed by atoms with E-state index in [0.29, 0.717) is 16.9 Å². The number of amides is 1. The maximum absolute atomic E-state index is 13.3. The molecule has 29 heavy (non-hydrogen) atoms. The Kier molecular flexibility index (Phi) is 4.19. The molecule has 0 N–H and O–H groups in total. The van der Waals surface area contributed by atoms with Crippen LogP contribution in [0.2, 0.25) is 0 Å². The Balaban J connectivity index is 1.20. The molecule has 4 fully saturated rings. The zero-order valence-electron chi connectivity index (χ0n) is 16.5. The van der Waals surface area contributed by atoms with Gasteiger partial charge in [-0.15, -0.1) is 11.8 Å². The van der Waals surface area contributed by atoms with Crippen LogP contribution >= 0.6 is 11.8 Å². The third-order valence-electron chi connectivity index (χ3n) is 7.33. The number of hydrogen-bond donors (Lipinski definition) is 0. The molecule has 0 radical (unpaired) electrons. The Morgan fingerprint density at radius 2 is 1.76 bits per heavy atom. The molecular weight excluding hydrogens is 384 g/mol. The minimum absolute atomic E-state index is 0.0775. The van der Waals surface area contributed by atoms with Gasteiger partial charge in [-0.25, -0.2) is 5.01 Å². The highest BCUT2D eigenvalue weighted by molar-refractivity contribution is 8.01. The van der Waals surface area contributed by atoms with E-state index in [1.807, 2.05) is 36.0 Å². The van der Waals surface area contributed by atoms with Crippen LogP contribution in [0, 0.1) is 17.8 Å². The van der Waals surface area contributed by atoms with Gasteiger partial charge in [-0.05, 0) is 80.5 Å². The summed E-state index contributed by atoms with van der Waals surface area (Å²) < 4.78 is 11.5. The van der Waals surface area contributed by atoms with Gasteiger partial charge in [-0.3, -0.25) is 4.79 Å². The predicted molar refractivity (Wildman–Crippen MR) is 112 cm³/mol. The van der Waals surface area contributed by atoms with Crippen molar-refractivity contribution in [2.45, 2.75) is 55.7 Å². The molecular formula is C23H26N2O3S. The number of hydrogen-bond acceptors (Lipinski definition) is 5. The first-order chi connectivity index (χ1) is 14.2. The van der Waals surface area contributed by atoms with E-state index < -0.39 is 0 Å². The average molecular weight is 411 g/mol.